The Kier molecular flexibility index (Phi) is 6.05. The molecule has 1 aliphatic heterocycles. The second-order valence-electron chi connectivity index (χ2n) is 3.74. The van der Waals surface area contributed by atoms with E-state index in [0.29, 0.717) is 19.6 Å². The first-order valence-corrected chi connectivity index (χ1v) is 6.35. The fraction of sp³-hybridized carbons (Fsp3) is 1.00. The monoisotopic (exact) mass is 257 g/mol. The molecular weight excluding hydrogens is 238 g/mol. The first kappa shape index (κ1) is 15.1. The van der Waals surface area contributed by atoms with E-state index in [2.05, 4.69) is 0 Å². The summed E-state index contributed by atoms with van der Waals surface area (Å²) in [5, 5.41) is 0. The molecule has 0 bridgehead atoms. The van der Waals surface area contributed by atoms with Gasteiger partial charge in [-0.3, -0.25) is 0 Å². The van der Waals surface area contributed by atoms with Gasteiger partial charge < -0.3 is 5.73 Å². The van der Waals surface area contributed by atoms with Gasteiger partial charge in [0.15, 0.2) is 0 Å². The van der Waals surface area contributed by atoms with Crippen LogP contribution in [0.25, 0.3) is 0 Å². The first-order valence-electron chi connectivity index (χ1n) is 4.95. The molecule has 1 fully saturated rings. The van der Waals surface area contributed by atoms with E-state index in [0.717, 1.165) is 12.8 Å². The number of rotatable bonds is 4. The number of hydrogen-bond acceptors (Lipinski definition) is 3. The van der Waals surface area contributed by atoms with Crippen molar-refractivity contribution in [3.05, 3.63) is 0 Å². The molecule has 0 aliphatic carbocycles. The Morgan fingerprint density at radius 2 is 2.13 bits per heavy atom. The molecule has 5 nitrogen and oxygen atoms in total. The van der Waals surface area contributed by atoms with Crippen LogP contribution >= 0.6 is 12.4 Å². The van der Waals surface area contributed by atoms with Crippen molar-refractivity contribution in [2.75, 3.05) is 26.7 Å². The van der Waals surface area contributed by atoms with Gasteiger partial charge in [0, 0.05) is 32.7 Å². The maximum absolute atomic E-state index is 11.9. The summed E-state index contributed by atoms with van der Waals surface area (Å²) in [6.07, 6.45) is 1.59. The molecule has 0 aromatic heterocycles. The van der Waals surface area contributed by atoms with Crippen LogP contribution < -0.4 is 5.73 Å². The minimum atomic E-state index is -3.25. The Morgan fingerprint density at radius 3 is 2.53 bits per heavy atom. The lowest BCUT2D eigenvalue weighted by molar-refractivity contribution is 0.392. The summed E-state index contributed by atoms with van der Waals surface area (Å²) < 4.78 is 26.6. The minimum Gasteiger partial charge on any atom is -0.326 e. The lowest BCUT2D eigenvalue weighted by atomic mass is 10.3. The molecule has 1 atom stereocenters. The first-order chi connectivity index (χ1) is 6.48. The van der Waals surface area contributed by atoms with Crippen LogP contribution in [0.5, 0.6) is 0 Å². The highest BCUT2D eigenvalue weighted by Gasteiger charge is 2.31. The van der Waals surface area contributed by atoms with Gasteiger partial charge in [-0.15, -0.1) is 12.4 Å². The van der Waals surface area contributed by atoms with Crippen LogP contribution in [0.1, 0.15) is 19.8 Å². The third-order valence-corrected chi connectivity index (χ3v) is 4.40. The zero-order chi connectivity index (χ0) is 10.8. The molecule has 1 rings (SSSR count). The summed E-state index contributed by atoms with van der Waals surface area (Å²) in [6, 6.07) is -0.000184. The zero-order valence-electron chi connectivity index (χ0n) is 9.22. The van der Waals surface area contributed by atoms with Crippen LogP contribution in [-0.2, 0) is 10.2 Å². The maximum atomic E-state index is 11.9. The summed E-state index contributed by atoms with van der Waals surface area (Å²) in [4.78, 5) is 0. The van der Waals surface area contributed by atoms with E-state index >= 15 is 0 Å². The summed E-state index contributed by atoms with van der Waals surface area (Å²) in [6.45, 7) is 3.53. The molecule has 92 valence electrons. The maximum Gasteiger partial charge on any atom is 0.281 e. The van der Waals surface area contributed by atoms with Gasteiger partial charge >= 0.3 is 0 Å². The van der Waals surface area contributed by atoms with E-state index in [4.69, 9.17) is 5.73 Å². The Morgan fingerprint density at radius 1 is 1.53 bits per heavy atom. The van der Waals surface area contributed by atoms with Crippen molar-refractivity contribution in [3.8, 4) is 0 Å². The molecule has 1 aliphatic rings. The van der Waals surface area contributed by atoms with Gasteiger partial charge in [-0.05, 0) is 12.8 Å². The fourth-order valence-electron chi connectivity index (χ4n) is 1.59. The van der Waals surface area contributed by atoms with Gasteiger partial charge in [-0.2, -0.15) is 17.0 Å². The van der Waals surface area contributed by atoms with Crippen molar-refractivity contribution in [2.24, 2.45) is 5.73 Å². The van der Waals surface area contributed by atoms with E-state index in [9.17, 15) is 8.42 Å². The van der Waals surface area contributed by atoms with Crippen molar-refractivity contribution in [3.63, 3.8) is 0 Å². The number of nitrogens with two attached hydrogens (primary N) is 1. The quantitative estimate of drug-likeness (QED) is 0.773. The van der Waals surface area contributed by atoms with Crippen molar-refractivity contribution in [1.82, 2.24) is 8.61 Å². The zero-order valence-corrected chi connectivity index (χ0v) is 10.9. The summed E-state index contributed by atoms with van der Waals surface area (Å²) in [5.74, 6) is 0. The lowest BCUT2D eigenvalue weighted by Crippen LogP contribution is -2.41. The lowest BCUT2D eigenvalue weighted by Gasteiger charge is -2.23. The number of hydrogen-bond donors (Lipinski definition) is 1. The van der Waals surface area contributed by atoms with Crippen LogP contribution in [0.3, 0.4) is 0 Å². The molecule has 0 aromatic rings. The molecular formula is C8H20ClN3O2S. The normalized spacial score (nSPS) is 23.1. The third-order valence-electron chi connectivity index (χ3n) is 2.45. The highest BCUT2D eigenvalue weighted by Crippen LogP contribution is 2.14. The van der Waals surface area contributed by atoms with Gasteiger partial charge in [0.05, 0.1) is 0 Å². The SMILES string of the molecule is CCCN(C)S(=O)(=O)N1CC[C@@H](N)C1.Cl. The molecule has 1 saturated heterocycles. The van der Waals surface area contributed by atoms with Crippen LogP contribution in [0.15, 0.2) is 0 Å². The van der Waals surface area contributed by atoms with Crippen LogP contribution in [0.2, 0.25) is 0 Å². The van der Waals surface area contributed by atoms with Crippen LogP contribution in [-0.4, -0.2) is 49.8 Å². The third kappa shape index (κ3) is 3.57. The minimum absolute atomic E-state index is 0. The summed E-state index contributed by atoms with van der Waals surface area (Å²) >= 11 is 0. The number of halogens is 1. The molecule has 0 radical (unpaired) electrons. The average molecular weight is 258 g/mol. The Hall–Kier alpha value is 0.120. The van der Waals surface area contributed by atoms with E-state index in [1.165, 1.54) is 8.61 Å². The van der Waals surface area contributed by atoms with Crippen molar-refractivity contribution in [2.45, 2.75) is 25.8 Å². The van der Waals surface area contributed by atoms with E-state index in [1.807, 2.05) is 6.92 Å². The van der Waals surface area contributed by atoms with Gasteiger partial charge in [0.2, 0.25) is 0 Å². The topological polar surface area (TPSA) is 66.6 Å². The van der Waals surface area contributed by atoms with E-state index < -0.39 is 10.2 Å². The summed E-state index contributed by atoms with van der Waals surface area (Å²) in [7, 11) is -1.63. The Bertz CT molecular complexity index is 284. The highest BCUT2D eigenvalue weighted by atomic mass is 35.5. The molecule has 1 heterocycles. The second-order valence-corrected chi connectivity index (χ2v) is 5.77. The number of nitrogens with zero attached hydrogens (tertiary/aromatic N) is 2. The predicted molar refractivity (Wildman–Crippen MR) is 63.3 cm³/mol. The van der Waals surface area contributed by atoms with Crippen LogP contribution in [0.4, 0.5) is 0 Å². The molecule has 0 unspecified atom stereocenters. The fourth-order valence-corrected chi connectivity index (χ4v) is 3.11. The van der Waals surface area contributed by atoms with E-state index in [-0.39, 0.29) is 18.4 Å². The molecule has 15 heavy (non-hydrogen) atoms. The molecule has 7 heteroatoms. The molecule has 2 N–H and O–H groups in total. The van der Waals surface area contributed by atoms with Crippen LogP contribution in [0, 0.1) is 0 Å². The molecule has 0 saturated carbocycles. The Labute approximate surface area is 98.2 Å². The molecule has 0 spiro atoms. The van der Waals surface area contributed by atoms with Gasteiger partial charge in [-0.25, -0.2) is 0 Å². The largest absolute Gasteiger partial charge is 0.326 e. The van der Waals surface area contributed by atoms with Crippen molar-refractivity contribution >= 4 is 22.6 Å². The second kappa shape index (κ2) is 6.00. The highest BCUT2D eigenvalue weighted by molar-refractivity contribution is 7.86. The Balaban J connectivity index is 0.00000196. The summed E-state index contributed by atoms with van der Waals surface area (Å²) in [5.41, 5.74) is 5.67. The van der Waals surface area contributed by atoms with E-state index in [1.54, 1.807) is 7.05 Å². The smallest absolute Gasteiger partial charge is 0.281 e. The predicted octanol–water partition coefficient (Wildman–Crippen LogP) is 0.0278. The standard InChI is InChI=1S/C8H19N3O2S.ClH/c1-3-5-10(2)14(12,13)11-6-4-8(9)7-11;/h8H,3-7,9H2,1-2H3;1H/t8-;/m1./s1. The molecule has 0 amide bonds. The van der Waals surface area contributed by atoms with Crippen molar-refractivity contribution in [1.29, 1.82) is 0 Å². The van der Waals surface area contributed by atoms with Gasteiger partial charge in [-0.1, -0.05) is 6.92 Å². The van der Waals surface area contributed by atoms with Gasteiger partial charge in [0.25, 0.3) is 10.2 Å². The average Bonchev–Trinajstić information content (AvgIpc) is 2.52. The van der Waals surface area contributed by atoms with Gasteiger partial charge in [0.1, 0.15) is 0 Å². The molecule has 0 aromatic carbocycles. The van der Waals surface area contributed by atoms with Crippen molar-refractivity contribution < 1.29 is 8.42 Å².